The van der Waals surface area contributed by atoms with E-state index in [4.69, 9.17) is 19.1 Å². The number of hydrogen-bond donors (Lipinski definition) is 0. The predicted octanol–water partition coefficient (Wildman–Crippen LogP) is 14.2. The second-order valence-corrected chi connectivity index (χ2v) is 12.5. The zero-order valence-electron chi connectivity index (χ0n) is 30.8. The fourth-order valence-corrected chi connectivity index (χ4v) is 6.63. The van der Waals surface area contributed by atoms with Crippen molar-refractivity contribution < 1.29 is 9.15 Å². The largest absolute Gasteiger partial charge is 0.457 e. The van der Waals surface area contributed by atoms with Crippen LogP contribution in [0.5, 0.6) is 11.5 Å². The van der Waals surface area contributed by atoms with Crippen LogP contribution in [0, 0.1) is 6.92 Å². The van der Waals surface area contributed by atoms with E-state index >= 15 is 0 Å². The first-order chi connectivity index (χ1) is 26.1. The quantitative estimate of drug-likeness (QED) is 0.149. The molecule has 0 fully saturated rings. The molecule has 0 saturated carbocycles. The van der Waals surface area contributed by atoms with E-state index in [1.165, 1.54) is 5.56 Å². The summed E-state index contributed by atoms with van der Waals surface area (Å²) in [6.45, 7) is 10.1. The molecule has 8 rings (SSSR count). The number of allylic oxidation sites excluding steroid dienone is 4. The summed E-state index contributed by atoms with van der Waals surface area (Å²) in [7, 11) is 0. The van der Waals surface area contributed by atoms with Gasteiger partial charge in [-0.2, -0.15) is 0 Å². The Bertz CT molecular complexity index is 2580. The van der Waals surface area contributed by atoms with Gasteiger partial charge in [0.2, 0.25) is 0 Å². The molecule has 0 atom stereocenters. The SMILES string of the molecule is C/C=C\C(=C/C)c1cc(-c2cccc(-c3ccccc3)c2)nc(-c2ccc(-c3cccc(Oc4ccc5oc6ccccc6c5c4C)c3)cc2)n1.CC. The number of para-hydroxylation sites is 1. The summed E-state index contributed by atoms with van der Waals surface area (Å²) in [5.41, 5.74) is 12.0. The second-order valence-electron chi connectivity index (χ2n) is 12.5. The summed E-state index contributed by atoms with van der Waals surface area (Å²) < 4.78 is 12.5. The zero-order chi connectivity index (χ0) is 36.7. The number of aryl methyl sites for hydroxylation is 1. The molecule has 0 unspecified atom stereocenters. The molecule has 4 nitrogen and oxygen atoms in total. The van der Waals surface area contributed by atoms with Crippen LogP contribution in [-0.2, 0) is 0 Å². The third-order valence-electron chi connectivity index (χ3n) is 9.24. The van der Waals surface area contributed by atoms with Crippen molar-refractivity contribution in [2.24, 2.45) is 0 Å². The molecule has 8 aromatic rings. The average Bonchev–Trinajstić information content (AvgIpc) is 3.61. The first-order valence-electron chi connectivity index (χ1n) is 18.2. The highest BCUT2D eigenvalue weighted by Gasteiger charge is 2.15. The van der Waals surface area contributed by atoms with Gasteiger partial charge in [-0.3, -0.25) is 0 Å². The molecule has 0 N–H and O–H groups in total. The van der Waals surface area contributed by atoms with E-state index in [0.717, 1.165) is 83.8 Å². The molecule has 0 saturated heterocycles. The Morgan fingerprint density at radius 3 is 2.02 bits per heavy atom. The molecule has 0 aliphatic carbocycles. The fraction of sp³-hybridized carbons (Fsp3) is 0.102. The number of benzene rings is 6. The summed E-state index contributed by atoms with van der Waals surface area (Å²) in [6, 6.07) is 49.8. The van der Waals surface area contributed by atoms with Crippen molar-refractivity contribution >= 4 is 27.5 Å². The smallest absolute Gasteiger partial charge is 0.160 e. The normalized spacial score (nSPS) is 11.5. The summed E-state index contributed by atoms with van der Waals surface area (Å²) in [4.78, 5) is 10.2. The Hall–Kier alpha value is -6.52. The van der Waals surface area contributed by atoms with Crippen molar-refractivity contribution in [1.29, 1.82) is 0 Å². The molecule has 0 aliphatic rings. The lowest BCUT2D eigenvalue weighted by Crippen LogP contribution is -1.98. The maximum absolute atomic E-state index is 6.48. The van der Waals surface area contributed by atoms with Gasteiger partial charge in [-0.1, -0.05) is 135 Å². The number of rotatable bonds is 8. The Kier molecular flexibility index (Phi) is 10.4. The maximum Gasteiger partial charge on any atom is 0.160 e. The molecule has 0 amide bonds. The van der Waals surface area contributed by atoms with E-state index in [-0.39, 0.29) is 0 Å². The van der Waals surface area contributed by atoms with E-state index in [1.807, 2.05) is 82.3 Å². The molecule has 0 aliphatic heterocycles. The van der Waals surface area contributed by atoms with Gasteiger partial charge >= 0.3 is 0 Å². The van der Waals surface area contributed by atoms with Crippen LogP contribution in [0.1, 0.15) is 39.0 Å². The molecule has 4 heteroatoms. The lowest BCUT2D eigenvalue weighted by atomic mass is 10.00. The molecule has 2 heterocycles. The van der Waals surface area contributed by atoms with E-state index in [2.05, 4.69) is 116 Å². The van der Waals surface area contributed by atoms with Crippen LogP contribution in [0.3, 0.4) is 0 Å². The van der Waals surface area contributed by atoms with Gasteiger partial charge in [0, 0.05) is 27.5 Å². The molecule has 0 spiro atoms. The van der Waals surface area contributed by atoms with Crippen molar-refractivity contribution in [3.63, 3.8) is 0 Å². The minimum Gasteiger partial charge on any atom is -0.457 e. The van der Waals surface area contributed by atoms with Crippen molar-refractivity contribution in [2.45, 2.75) is 34.6 Å². The Morgan fingerprint density at radius 1 is 0.585 bits per heavy atom. The van der Waals surface area contributed by atoms with E-state index in [9.17, 15) is 0 Å². The molecule has 0 bridgehead atoms. The average molecular weight is 691 g/mol. The van der Waals surface area contributed by atoms with Gasteiger partial charge in [0.15, 0.2) is 5.82 Å². The van der Waals surface area contributed by atoms with Gasteiger partial charge in [-0.25, -0.2) is 9.97 Å². The molecule has 53 heavy (non-hydrogen) atoms. The van der Waals surface area contributed by atoms with Crippen LogP contribution in [0.25, 0.3) is 72.4 Å². The topological polar surface area (TPSA) is 48.2 Å². The molecule has 6 aromatic carbocycles. The van der Waals surface area contributed by atoms with E-state index in [1.54, 1.807) is 0 Å². The predicted molar refractivity (Wildman–Crippen MR) is 222 cm³/mol. The first-order valence-corrected chi connectivity index (χ1v) is 18.2. The Balaban J connectivity index is 0.00000214. The summed E-state index contributed by atoms with van der Waals surface area (Å²) in [5.74, 6) is 2.26. The molecule has 260 valence electrons. The zero-order valence-corrected chi connectivity index (χ0v) is 30.8. The van der Waals surface area contributed by atoms with Crippen LogP contribution in [0.2, 0.25) is 0 Å². The number of ether oxygens (including phenoxy) is 1. The van der Waals surface area contributed by atoms with Crippen LogP contribution < -0.4 is 4.74 Å². The third kappa shape index (κ3) is 7.31. The van der Waals surface area contributed by atoms with E-state index in [0.29, 0.717) is 5.82 Å². The fourth-order valence-electron chi connectivity index (χ4n) is 6.63. The summed E-state index contributed by atoms with van der Waals surface area (Å²) >= 11 is 0. The number of hydrogen-bond acceptors (Lipinski definition) is 4. The highest BCUT2D eigenvalue weighted by atomic mass is 16.5. The molecule has 2 aromatic heterocycles. The highest BCUT2D eigenvalue weighted by molar-refractivity contribution is 6.07. The lowest BCUT2D eigenvalue weighted by Gasteiger charge is -2.12. The minimum absolute atomic E-state index is 0.678. The minimum atomic E-state index is 0.678. The summed E-state index contributed by atoms with van der Waals surface area (Å²) in [5, 5.41) is 2.18. The molecular weight excluding hydrogens is 649 g/mol. The number of nitrogens with zero attached hydrogens (tertiary/aromatic N) is 2. The highest BCUT2D eigenvalue weighted by Crippen LogP contribution is 2.38. The van der Waals surface area contributed by atoms with Crippen molar-refractivity contribution in [3.8, 4) is 56.4 Å². The Labute approximate surface area is 311 Å². The number of fused-ring (bicyclic) bond motifs is 3. The Morgan fingerprint density at radius 2 is 1.25 bits per heavy atom. The van der Waals surface area contributed by atoms with Gasteiger partial charge in [0.1, 0.15) is 22.7 Å². The van der Waals surface area contributed by atoms with Crippen LogP contribution in [-0.4, -0.2) is 9.97 Å². The number of aromatic nitrogens is 2. The summed E-state index contributed by atoms with van der Waals surface area (Å²) in [6.07, 6.45) is 6.22. The standard InChI is InChI=1S/C47H36N2O2.C2H6/c1-4-13-32(5-2)41-30-42(38-18-11-16-36(28-38)33-14-7-6-8-15-33)49-47(48-41)35-24-22-34(23-25-35)37-17-12-19-39(29-37)50-43-26-27-45-46(31(43)3)40-20-9-10-21-44(40)51-45;1-2/h4-30H,1-3H3;1-2H3/b13-4-,32-5+;. The van der Waals surface area contributed by atoms with Crippen LogP contribution in [0.15, 0.2) is 168 Å². The van der Waals surface area contributed by atoms with E-state index < -0.39 is 0 Å². The molecule has 0 radical (unpaired) electrons. The molecular formula is C49H42N2O2. The van der Waals surface area contributed by atoms with Crippen LogP contribution in [0.4, 0.5) is 0 Å². The van der Waals surface area contributed by atoms with Crippen LogP contribution >= 0.6 is 0 Å². The van der Waals surface area contributed by atoms with Gasteiger partial charge in [0.05, 0.1) is 11.4 Å². The van der Waals surface area contributed by atoms with Gasteiger partial charge in [-0.05, 0) is 91.1 Å². The van der Waals surface area contributed by atoms with Gasteiger partial charge in [0.25, 0.3) is 0 Å². The first kappa shape index (κ1) is 34.9. The maximum atomic E-state index is 6.48. The third-order valence-corrected chi connectivity index (χ3v) is 9.24. The van der Waals surface area contributed by atoms with Gasteiger partial charge < -0.3 is 9.15 Å². The number of furan rings is 1. The van der Waals surface area contributed by atoms with Crippen molar-refractivity contribution in [1.82, 2.24) is 9.97 Å². The van der Waals surface area contributed by atoms with Crippen molar-refractivity contribution in [3.05, 3.63) is 175 Å². The lowest BCUT2D eigenvalue weighted by molar-refractivity contribution is 0.480. The van der Waals surface area contributed by atoms with Crippen molar-refractivity contribution in [2.75, 3.05) is 0 Å². The monoisotopic (exact) mass is 690 g/mol. The van der Waals surface area contributed by atoms with Gasteiger partial charge in [-0.15, -0.1) is 0 Å². The second kappa shape index (κ2) is 15.8.